The second kappa shape index (κ2) is 6.04. The average Bonchev–Trinajstić information content (AvgIpc) is 3.14. The molecule has 1 aromatic heterocycles. The highest BCUT2D eigenvalue weighted by Gasteiger charge is 2.14. The van der Waals surface area contributed by atoms with Crippen LogP contribution in [0.2, 0.25) is 0 Å². The minimum Gasteiger partial charge on any atom is -0.454 e. The summed E-state index contributed by atoms with van der Waals surface area (Å²) in [5.41, 5.74) is 4.45. The topological polar surface area (TPSA) is 52.8 Å². The molecule has 25 heavy (non-hydrogen) atoms. The second-order valence-corrected chi connectivity index (χ2v) is 7.23. The molecule has 6 heteroatoms. The second-order valence-electron chi connectivity index (χ2n) is 6.22. The number of aromatic nitrogens is 1. The van der Waals surface area contributed by atoms with Crippen LogP contribution in [0.1, 0.15) is 16.7 Å². The van der Waals surface area contributed by atoms with Crippen LogP contribution < -0.4 is 14.3 Å². The highest BCUT2D eigenvalue weighted by molar-refractivity contribution is 7.16. The van der Waals surface area contributed by atoms with Crippen LogP contribution in [0.15, 0.2) is 35.3 Å². The normalized spacial score (nSPS) is 13.6. The zero-order valence-electron chi connectivity index (χ0n) is 14.3. The Hall–Kier alpha value is -2.60. The van der Waals surface area contributed by atoms with E-state index in [0.29, 0.717) is 10.6 Å². The van der Waals surface area contributed by atoms with E-state index in [0.717, 1.165) is 21.5 Å². The van der Waals surface area contributed by atoms with Crippen LogP contribution in [0.3, 0.4) is 0 Å². The van der Waals surface area contributed by atoms with Gasteiger partial charge in [-0.25, -0.2) is 0 Å². The number of carbonyl (C=O) groups is 1. The lowest BCUT2D eigenvalue weighted by molar-refractivity contribution is -0.117. The standard InChI is InChI=1S/C19H18N2O3S/c1-11-6-14-17(7-12(11)2)25-19(21(14)3)20-18(22)9-13-4-5-15-16(8-13)24-10-23-15/h4-8H,9-10H2,1-3H3. The monoisotopic (exact) mass is 354 g/mol. The van der Waals surface area contributed by atoms with E-state index >= 15 is 0 Å². The number of hydrogen-bond donors (Lipinski definition) is 0. The van der Waals surface area contributed by atoms with Crippen LogP contribution in [-0.2, 0) is 18.3 Å². The zero-order chi connectivity index (χ0) is 17.6. The Bertz CT molecular complexity index is 1060. The molecule has 0 saturated heterocycles. The first-order valence-electron chi connectivity index (χ1n) is 8.04. The van der Waals surface area contributed by atoms with Crippen LogP contribution in [0.5, 0.6) is 11.5 Å². The van der Waals surface area contributed by atoms with Gasteiger partial charge in [0.25, 0.3) is 5.91 Å². The smallest absolute Gasteiger partial charge is 0.252 e. The van der Waals surface area contributed by atoms with Gasteiger partial charge in [0.1, 0.15) is 0 Å². The Morgan fingerprint density at radius 3 is 2.76 bits per heavy atom. The summed E-state index contributed by atoms with van der Waals surface area (Å²) < 4.78 is 13.8. The van der Waals surface area contributed by atoms with Crippen molar-refractivity contribution in [2.24, 2.45) is 12.0 Å². The zero-order valence-corrected chi connectivity index (χ0v) is 15.1. The van der Waals surface area contributed by atoms with Crippen molar-refractivity contribution in [3.05, 3.63) is 51.8 Å². The van der Waals surface area contributed by atoms with E-state index in [2.05, 4.69) is 31.0 Å². The van der Waals surface area contributed by atoms with E-state index in [1.54, 1.807) is 0 Å². The molecule has 0 aliphatic carbocycles. The Morgan fingerprint density at radius 1 is 1.16 bits per heavy atom. The van der Waals surface area contributed by atoms with Crippen LogP contribution in [-0.4, -0.2) is 17.3 Å². The molecule has 1 aliphatic rings. The van der Waals surface area contributed by atoms with Gasteiger partial charge in [0, 0.05) is 7.05 Å². The third kappa shape index (κ3) is 2.93. The molecule has 2 heterocycles. The summed E-state index contributed by atoms with van der Waals surface area (Å²) >= 11 is 1.54. The van der Waals surface area contributed by atoms with E-state index in [1.807, 2.05) is 29.8 Å². The summed E-state index contributed by atoms with van der Waals surface area (Å²) in [5.74, 6) is 1.23. The highest BCUT2D eigenvalue weighted by atomic mass is 32.1. The lowest BCUT2D eigenvalue weighted by Crippen LogP contribution is -2.14. The van der Waals surface area contributed by atoms with Crippen molar-refractivity contribution in [1.82, 2.24) is 4.57 Å². The number of carbonyl (C=O) groups excluding carboxylic acids is 1. The first kappa shape index (κ1) is 15.9. The molecule has 3 aromatic rings. The van der Waals surface area contributed by atoms with Crippen LogP contribution in [0.4, 0.5) is 0 Å². The van der Waals surface area contributed by atoms with Gasteiger partial charge in [0.2, 0.25) is 6.79 Å². The summed E-state index contributed by atoms with van der Waals surface area (Å²) in [5, 5.41) is 0. The number of fused-ring (bicyclic) bond motifs is 2. The van der Waals surface area contributed by atoms with Gasteiger partial charge < -0.3 is 14.0 Å². The highest BCUT2D eigenvalue weighted by Crippen LogP contribution is 2.32. The predicted molar refractivity (Wildman–Crippen MR) is 97.1 cm³/mol. The van der Waals surface area contributed by atoms with Crippen molar-refractivity contribution in [1.29, 1.82) is 0 Å². The molecule has 0 radical (unpaired) electrons. The van der Waals surface area contributed by atoms with Crippen molar-refractivity contribution < 1.29 is 14.3 Å². The minimum absolute atomic E-state index is 0.172. The lowest BCUT2D eigenvalue weighted by atomic mass is 10.1. The summed E-state index contributed by atoms with van der Waals surface area (Å²) in [4.78, 5) is 17.4. The van der Waals surface area contributed by atoms with Gasteiger partial charge in [-0.15, -0.1) is 0 Å². The summed E-state index contributed by atoms with van der Waals surface area (Å²) in [6.07, 6.45) is 0.239. The van der Waals surface area contributed by atoms with Crippen molar-refractivity contribution in [3.8, 4) is 11.5 Å². The van der Waals surface area contributed by atoms with Gasteiger partial charge in [-0.1, -0.05) is 17.4 Å². The van der Waals surface area contributed by atoms with Crippen molar-refractivity contribution in [2.75, 3.05) is 6.79 Å². The SMILES string of the molecule is Cc1cc2sc(=NC(=O)Cc3ccc4c(c3)OCO4)n(C)c2cc1C. The number of nitrogens with zero attached hydrogens (tertiary/aromatic N) is 2. The molecule has 128 valence electrons. The third-order valence-electron chi connectivity index (χ3n) is 4.44. The first-order chi connectivity index (χ1) is 12.0. The van der Waals surface area contributed by atoms with E-state index in [4.69, 9.17) is 9.47 Å². The van der Waals surface area contributed by atoms with E-state index in [9.17, 15) is 4.79 Å². The Kier molecular flexibility index (Phi) is 3.84. The molecule has 0 saturated carbocycles. The van der Waals surface area contributed by atoms with E-state index < -0.39 is 0 Å². The first-order valence-corrected chi connectivity index (χ1v) is 8.86. The molecule has 0 unspecified atom stereocenters. The fraction of sp³-hybridized carbons (Fsp3) is 0.263. The minimum atomic E-state index is -0.172. The van der Waals surface area contributed by atoms with E-state index in [-0.39, 0.29) is 19.1 Å². The Morgan fingerprint density at radius 2 is 1.92 bits per heavy atom. The van der Waals surface area contributed by atoms with Gasteiger partial charge in [0.05, 0.1) is 16.6 Å². The van der Waals surface area contributed by atoms with Gasteiger partial charge in [-0.05, 0) is 54.8 Å². The molecule has 4 rings (SSSR count). The average molecular weight is 354 g/mol. The van der Waals surface area contributed by atoms with E-state index in [1.165, 1.54) is 22.5 Å². The Labute approximate surface area is 149 Å². The van der Waals surface area contributed by atoms with Gasteiger partial charge >= 0.3 is 0 Å². The molecule has 5 nitrogen and oxygen atoms in total. The lowest BCUT2D eigenvalue weighted by Gasteiger charge is -2.01. The number of hydrogen-bond acceptors (Lipinski definition) is 4. The third-order valence-corrected chi connectivity index (χ3v) is 5.53. The van der Waals surface area contributed by atoms with Crippen LogP contribution in [0.25, 0.3) is 10.2 Å². The fourth-order valence-corrected chi connectivity index (χ4v) is 3.97. The number of rotatable bonds is 2. The molecule has 0 N–H and O–H groups in total. The number of ether oxygens (including phenoxy) is 2. The molecule has 1 aliphatic heterocycles. The maximum absolute atomic E-state index is 12.4. The molecule has 1 amide bonds. The molecule has 0 bridgehead atoms. The number of thiazole rings is 1. The molecular weight excluding hydrogens is 336 g/mol. The molecule has 2 aromatic carbocycles. The summed E-state index contributed by atoms with van der Waals surface area (Å²) in [6, 6.07) is 9.83. The van der Waals surface area contributed by atoms with Crippen molar-refractivity contribution in [3.63, 3.8) is 0 Å². The molecular formula is C19H18N2O3S. The van der Waals surface area contributed by atoms with Gasteiger partial charge in [0.15, 0.2) is 16.3 Å². The summed E-state index contributed by atoms with van der Waals surface area (Å²) in [7, 11) is 1.94. The quantitative estimate of drug-likeness (QED) is 0.710. The summed E-state index contributed by atoms with van der Waals surface area (Å²) in [6.45, 7) is 4.41. The fourth-order valence-electron chi connectivity index (χ4n) is 2.86. The van der Waals surface area contributed by atoms with Crippen LogP contribution >= 0.6 is 11.3 Å². The van der Waals surface area contributed by atoms with Gasteiger partial charge in [-0.2, -0.15) is 4.99 Å². The number of benzene rings is 2. The maximum atomic E-state index is 12.4. The van der Waals surface area contributed by atoms with Gasteiger partial charge in [-0.3, -0.25) is 4.79 Å². The molecule has 0 atom stereocenters. The Balaban J connectivity index is 1.65. The maximum Gasteiger partial charge on any atom is 0.252 e. The predicted octanol–water partition coefficient (Wildman–Crippen LogP) is 3.26. The number of aryl methyl sites for hydroxylation is 3. The number of amides is 1. The van der Waals surface area contributed by atoms with Crippen molar-refractivity contribution in [2.45, 2.75) is 20.3 Å². The van der Waals surface area contributed by atoms with Crippen molar-refractivity contribution >= 4 is 27.5 Å². The van der Waals surface area contributed by atoms with Crippen LogP contribution in [0, 0.1) is 13.8 Å². The largest absolute Gasteiger partial charge is 0.454 e. The molecule has 0 spiro atoms. The molecule has 0 fully saturated rings.